The molecule has 0 bridgehead atoms. The minimum atomic E-state index is -0.254. The molecule has 2 aliphatic heterocycles. The molecule has 1 saturated heterocycles. The van der Waals surface area contributed by atoms with Crippen LogP contribution in [0.5, 0.6) is 0 Å². The van der Waals surface area contributed by atoms with E-state index in [1.54, 1.807) is 0 Å². The number of carbonyl (C=O) groups is 2. The fourth-order valence-electron chi connectivity index (χ4n) is 2.71. The van der Waals surface area contributed by atoms with Gasteiger partial charge in [-0.2, -0.15) is 5.10 Å². The van der Waals surface area contributed by atoms with Crippen molar-refractivity contribution in [2.75, 3.05) is 13.2 Å². The van der Waals surface area contributed by atoms with Crippen molar-refractivity contribution < 1.29 is 19.1 Å². The molecule has 7 heteroatoms. The number of carbonyl (C=O) groups excluding carboxylic acids is 2. The van der Waals surface area contributed by atoms with E-state index in [0.717, 1.165) is 5.56 Å². The average molecular weight is 331 g/mol. The molecule has 0 saturated carbocycles. The Kier molecular flexibility index (Phi) is 5.55. The number of nitrogens with zero attached hydrogens (tertiary/aromatic N) is 1. The largest absolute Gasteiger partial charge is 0.379 e. The van der Waals surface area contributed by atoms with Crippen molar-refractivity contribution in [2.24, 2.45) is 5.10 Å². The fourth-order valence-corrected chi connectivity index (χ4v) is 2.71. The topological polar surface area (TPSA) is 89.0 Å². The highest BCUT2D eigenvalue weighted by molar-refractivity contribution is 6.39. The highest BCUT2D eigenvalue weighted by atomic mass is 16.5. The third-order valence-corrected chi connectivity index (χ3v) is 4.09. The van der Waals surface area contributed by atoms with Crippen molar-refractivity contribution in [2.45, 2.75) is 38.0 Å². The molecule has 2 heterocycles. The molecule has 0 radical (unpaired) electrons. The molecule has 2 amide bonds. The van der Waals surface area contributed by atoms with Gasteiger partial charge in [0.2, 0.25) is 5.91 Å². The van der Waals surface area contributed by atoms with Crippen LogP contribution < -0.4 is 10.7 Å². The molecule has 0 aliphatic carbocycles. The predicted octanol–water partition coefficient (Wildman–Crippen LogP) is 0.743. The van der Waals surface area contributed by atoms with Gasteiger partial charge in [-0.15, -0.1) is 0 Å². The molecule has 3 rings (SSSR count). The van der Waals surface area contributed by atoms with Gasteiger partial charge in [-0.25, -0.2) is 5.43 Å². The maximum atomic E-state index is 12.3. The first-order chi connectivity index (χ1) is 11.7. The van der Waals surface area contributed by atoms with E-state index in [1.165, 1.54) is 0 Å². The Hall–Kier alpha value is -2.25. The van der Waals surface area contributed by atoms with Crippen LogP contribution in [0.25, 0.3) is 0 Å². The summed E-state index contributed by atoms with van der Waals surface area (Å²) in [6.07, 6.45) is 1.12. The zero-order valence-electron chi connectivity index (χ0n) is 13.4. The van der Waals surface area contributed by atoms with Gasteiger partial charge in [0.1, 0.15) is 11.8 Å². The first-order valence-electron chi connectivity index (χ1n) is 8.12. The maximum absolute atomic E-state index is 12.3. The van der Waals surface area contributed by atoms with Crippen LogP contribution in [0.4, 0.5) is 0 Å². The van der Waals surface area contributed by atoms with Crippen molar-refractivity contribution in [3.05, 3.63) is 35.9 Å². The summed E-state index contributed by atoms with van der Waals surface area (Å²) in [6.45, 7) is 1.50. The fraction of sp³-hybridized carbons (Fsp3) is 0.471. The van der Waals surface area contributed by atoms with Crippen LogP contribution in [0.3, 0.4) is 0 Å². The van der Waals surface area contributed by atoms with Gasteiger partial charge < -0.3 is 14.8 Å². The van der Waals surface area contributed by atoms with Crippen LogP contribution in [0.15, 0.2) is 35.4 Å². The molecule has 1 aromatic carbocycles. The lowest BCUT2D eigenvalue weighted by molar-refractivity contribution is -0.122. The second-order valence-corrected chi connectivity index (χ2v) is 5.87. The molecular formula is C17H21N3O4. The summed E-state index contributed by atoms with van der Waals surface area (Å²) in [5.41, 5.74) is 3.77. The molecule has 128 valence electrons. The second-order valence-electron chi connectivity index (χ2n) is 5.87. The molecule has 1 fully saturated rings. The monoisotopic (exact) mass is 331 g/mol. The molecule has 0 aromatic heterocycles. The van der Waals surface area contributed by atoms with E-state index in [2.05, 4.69) is 15.8 Å². The molecule has 2 atom stereocenters. The number of hydrogen-bond acceptors (Lipinski definition) is 5. The quantitative estimate of drug-likeness (QED) is 0.833. The van der Waals surface area contributed by atoms with Crippen molar-refractivity contribution in [1.82, 2.24) is 10.7 Å². The Morgan fingerprint density at radius 2 is 2.17 bits per heavy atom. The number of hydrogen-bond donors (Lipinski definition) is 2. The van der Waals surface area contributed by atoms with Gasteiger partial charge in [0.25, 0.3) is 5.91 Å². The number of hydrazone groups is 1. The zero-order chi connectivity index (χ0) is 16.8. The summed E-state index contributed by atoms with van der Waals surface area (Å²) in [5.74, 6) is -0.420. The van der Waals surface area contributed by atoms with E-state index in [-0.39, 0.29) is 30.4 Å². The van der Waals surface area contributed by atoms with Gasteiger partial charge in [0.05, 0.1) is 19.3 Å². The molecule has 24 heavy (non-hydrogen) atoms. The van der Waals surface area contributed by atoms with Crippen LogP contribution in [0.2, 0.25) is 0 Å². The summed E-state index contributed by atoms with van der Waals surface area (Å²) in [7, 11) is 0. The Labute approximate surface area is 140 Å². The van der Waals surface area contributed by atoms with Gasteiger partial charge in [0.15, 0.2) is 0 Å². The normalized spacial score (nSPS) is 24.0. The molecule has 2 N–H and O–H groups in total. The van der Waals surface area contributed by atoms with Gasteiger partial charge in [-0.05, 0) is 12.0 Å². The maximum Gasteiger partial charge on any atom is 0.267 e. The minimum absolute atomic E-state index is 0.129. The standard InChI is InChI=1S/C17H21N3O4/c21-16-7-6-14(19-20-16)17(22)18-13-8-9-23-11-15(13)24-10-12-4-2-1-3-5-12/h1-5,13,15H,6-11H2,(H,18,22)(H,20,21)/t13-,15-/m1/s1. The summed E-state index contributed by atoms with van der Waals surface area (Å²) >= 11 is 0. The lowest BCUT2D eigenvalue weighted by Gasteiger charge is -2.32. The Bertz CT molecular complexity index is 618. The third-order valence-electron chi connectivity index (χ3n) is 4.09. The SMILES string of the molecule is O=C1CCC(C(=O)N[C@@H]2CCOC[C@H]2OCc2ccccc2)=NN1. The van der Waals surface area contributed by atoms with Crippen LogP contribution >= 0.6 is 0 Å². The predicted molar refractivity (Wildman–Crippen MR) is 87.2 cm³/mol. The molecule has 7 nitrogen and oxygen atoms in total. The van der Waals surface area contributed by atoms with Crippen molar-refractivity contribution in [1.29, 1.82) is 0 Å². The van der Waals surface area contributed by atoms with Crippen LogP contribution in [-0.2, 0) is 25.7 Å². The highest BCUT2D eigenvalue weighted by Crippen LogP contribution is 2.14. The van der Waals surface area contributed by atoms with Crippen LogP contribution in [0, 0.1) is 0 Å². The summed E-state index contributed by atoms with van der Waals surface area (Å²) in [4.78, 5) is 23.4. The van der Waals surface area contributed by atoms with E-state index in [4.69, 9.17) is 9.47 Å². The number of rotatable bonds is 5. The molecule has 2 aliphatic rings. The van der Waals surface area contributed by atoms with E-state index in [9.17, 15) is 9.59 Å². The summed E-state index contributed by atoms with van der Waals surface area (Å²) in [5, 5.41) is 6.79. The Morgan fingerprint density at radius 1 is 1.33 bits per heavy atom. The van der Waals surface area contributed by atoms with E-state index >= 15 is 0 Å². The molecular weight excluding hydrogens is 310 g/mol. The first-order valence-corrected chi connectivity index (χ1v) is 8.12. The van der Waals surface area contributed by atoms with Crippen LogP contribution in [-0.4, -0.2) is 42.9 Å². The Morgan fingerprint density at radius 3 is 2.92 bits per heavy atom. The van der Waals surface area contributed by atoms with Crippen LogP contribution in [0.1, 0.15) is 24.8 Å². The highest BCUT2D eigenvalue weighted by Gasteiger charge is 2.30. The van der Waals surface area contributed by atoms with E-state index in [1.807, 2.05) is 30.3 Å². The van der Waals surface area contributed by atoms with E-state index < -0.39 is 0 Å². The lowest BCUT2D eigenvalue weighted by atomic mass is 10.0. The zero-order valence-corrected chi connectivity index (χ0v) is 13.4. The minimum Gasteiger partial charge on any atom is -0.379 e. The van der Waals surface area contributed by atoms with Crippen molar-refractivity contribution in [3.8, 4) is 0 Å². The number of amides is 2. The Balaban J connectivity index is 1.56. The second kappa shape index (κ2) is 8.03. The first kappa shape index (κ1) is 16.6. The molecule has 1 aromatic rings. The van der Waals surface area contributed by atoms with Gasteiger partial charge in [-0.1, -0.05) is 30.3 Å². The lowest BCUT2D eigenvalue weighted by Crippen LogP contribution is -2.52. The number of ether oxygens (including phenoxy) is 2. The van der Waals surface area contributed by atoms with E-state index in [0.29, 0.717) is 38.4 Å². The molecule has 0 spiro atoms. The molecule has 0 unspecified atom stereocenters. The third kappa shape index (κ3) is 4.39. The van der Waals surface area contributed by atoms with Gasteiger partial charge in [-0.3, -0.25) is 9.59 Å². The number of nitrogens with one attached hydrogen (secondary N) is 2. The van der Waals surface area contributed by atoms with Crippen molar-refractivity contribution >= 4 is 17.5 Å². The van der Waals surface area contributed by atoms with Gasteiger partial charge in [0, 0.05) is 19.4 Å². The summed E-state index contributed by atoms with van der Waals surface area (Å²) < 4.78 is 11.4. The number of benzene rings is 1. The van der Waals surface area contributed by atoms with Gasteiger partial charge >= 0.3 is 0 Å². The van der Waals surface area contributed by atoms with Crippen molar-refractivity contribution in [3.63, 3.8) is 0 Å². The summed E-state index contributed by atoms with van der Waals surface area (Å²) in [6, 6.07) is 9.75. The smallest absolute Gasteiger partial charge is 0.267 e. The average Bonchev–Trinajstić information content (AvgIpc) is 2.62.